The average Bonchev–Trinajstić information content (AvgIpc) is 2.51. The molecule has 0 radical (unpaired) electrons. The van der Waals surface area contributed by atoms with Crippen LogP contribution in [0.4, 0.5) is 5.82 Å². The summed E-state index contributed by atoms with van der Waals surface area (Å²) in [5.74, 6) is 2.26. The average molecular weight is 303 g/mol. The number of methoxy groups -OCH3 is 2. The van der Waals surface area contributed by atoms with E-state index in [2.05, 4.69) is 28.7 Å². The molecule has 2 aromatic rings. The van der Waals surface area contributed by atoms with Gasteiger partial charge in [0.15, 0.2) is 11.5 Å². The summed E-state index contributed by atoms with van der Waals surface area (Å²) in [6, 6.07) is 3.82. The van der Waals surface area contributed by atoms with Crippen molar-refractivity contribution in [2.24, 2.45) is 0 Å². The number of rotatable bonds is 3. The first-order chi connectivity index (χ1) is 10.6. The summed E-state index contributed by atoms with van der Waals surface area (Å²) < 4.78 is 16.6. The second-order valence-corrected chi connectivity index (χ2v) is 5.58. The van der Waals surface area contributed by atoms with Gasteiger partial charge in [0.25, 0.3) is 0 Å². The molecule has 0 saturated carbocycles. The number of morpholine rings is 1. The highest BCUT2D eigenvalue weighted by atomic mass is 16.5. The van der Waals surface area contributed by atoms with E-state index in [4.69, 9.17) is 14.2 Å². The predicted molar refractivity (Wildman–Crippen MR) is 84.9 cm³/mol. The summed E-state index contributed by atoms with van der Waals surface area (Å²) >= 11 is 0. The van der Waals surface area contributed by atoms with Crippen LogP contribution in [0.2, 0.25) is 0 Å². The molecule has 1 saturated heterocycles. The number of ether oxygens (including phenoxy) is 3. The smallest absolute Gasteiger partial charge is 0.162 e. The minimum absolute atomic E-state index is 0.175. The number of anilines is 1. The monoisotopic (exact) mass is 303 g/mol. The maximum Gasteiger partial charge on any atom is 0.162 e. The molecular weight excluding hydrogens is 282 g/mol. The molecule has 0 N–H and O–H groups in total. The zero-order valence-electron chi connectivity index (χ0n) is 13.4. The molecule has 0 amide bonds. The van der Waals surface area contributed by atoms with Crippen molar-refractivity contribution in [2.45, 2.75) is 26.1 Å². The number of fused-ring (bicyclic) bond motifs is 1. The molecule has 1 aromatic carbocycles. The van der Waals surface area contributed by atoms with E-state index in [0.29, 0.717) is 11.5 Å². The number of aromatic nitrogens is 2. The van der Waals surface area contributed by atoms with Gasteiger partial charge in [0, 0.05) is 24.5 Å². The molecule has 1 aromatic heterocycles. The maximum absolute atomic E-state index is 5.80. The summed E-state index contributed by atoms with van der Waals surface area (Å²) in [7, 11) is 3.25. The van der Waals surface area contributed by atoms with Gasteiger partial charge in [0.1, 0.15) is 12.1 Å². The topological polar surface area (TPSA) is 56.7 Å². The fraction of sp³-hybridized carbons (Fsp3) is 0.500. The molecule has 0 bridgehead atoms. The third kappa shape index (κ3) is 2.66. The van der Waals surface area contributed by atoms with Crippen LogP contribution in [0.5, 0.6) is 11.5 Å². The third-order valence-electron chi connectivity index (χ3n) is 3.84. The fourth-order valence-corrected chi connectivity index (χ4v) is 2.97. The molecule has 6 heteroatoms. The van der Waals surface area contributed by atoms with E-state index < -0.39 is 0 Å². The summed E-state index contributed by atoms with van der Waals surface area (Å²) in [6.45, 7) is 5.78. The lowest BCUT2D eigenvalue weighted by Gasteiger charge is -2.36. The van der Waals surface area contributed by atoms with Crippen molar-refractivity contribution in [3.63, 3.8) is 0 Å². The van der Waals surface area contributed by atoms with Crippen LogP contribution in [0.3, 0.4) is 0 Å². The maximum atomic E-state index is 5.80. The van der Waals surface area contributed by atoms with Crippen molar-refractivity contribution in [3.05, 3.63) is 18.5 Å². The fourth-order valence-electron chi connectivity index (χ4n) is 2.97. The number of hydrogen-bond donors (Lipinski definition) is 0. The first kappa shape index (κ1) is 14.8. The molecule has 1 aliphatic heterocycles. The Morgan fingerprint density at radius 2 is 1.68 bits per heavy atom. The van der Waals surface area contributed by atoms with Gasteiger partial charge in [0.2, 0.25) is 0 Å². The first-order valence-corrected chi connectivity index (χ1v) is 7.39. The summed E-state index contributed by atoms with van der Waals surface area (Å²) in [4.78, 5) is 11.1. The lowest BCUT2D eigenvalue weighted by Crippen LogP contribution is -2.45. The van der Waals surface area contributed by atoms with Gasteiger partial charge in [-0.3, -0.25) is 0 Å². The van der Waals surface area contributed by atoms with E-state index in [1.807, 2.05) is 12.1 Å². The lowest BCUT2D eigenvalue weighted by molar-refractivity contribution is -0.00537. The molecule has 0 aliphatic carbocycles. The van der Waals surface area contributed by atoms with Gasteiger partial charge in [-0.1, -0.05) is 0 Å². The van der Waals surface area contributed by atoms with Gasteiger partial charge in [-0.05, 0) is 19.9 Å². The normalized spacial score (nSPS) is 21.9. The van der Waals surface area contributed by atoms with E-state index in [9.17, 15) is 0 Å². The first-order valence-electron chi connectivity index (χ1n) is 7.39. The summed E-state index contributed by atoms with van der Waals surface area (Å²) in [6.07, 6.45) is 1.94. The van der Waals surface area contributed by atoms with Crippen LogP contribution in [0.15, 0.2) is 18.5 Å². The van der Waals surface area contributed by atoms with Crippen molar-refractivity contribution >= 4 is 16.7 Å². The highest BCUT2D eigenvalue weighted by molar-refractivity contribution is 5.92. The van der Waals surface area contributed by atoms with Crippen LogP contribution < -0.4 is 14.4 Å². The largest absolute Gasteiger partial charge is 0.493 e. The zero-order chi connectivity index (χ0) is 15.7. The quantitative estimate of drug-likeness (QED) is 0.867. The van der Waals surface area contributed by atoms with Crippen molar-refractivity contribution < 1.29 is 14.2 Å². The second kappa shape index (κ2) is 5.96. The zero-order valence-corrected chi connectivity index (χ0v) is 13.4. The third-order valence-corrected chi connectivity index (χ3v) is 3.84. The van der Waals surface area contributed by atoms with E-state index in [-0.39, 0.29) is 12.2 Å². The van der Waals surface area contributed by atoms with Gasteiger partial charge < -0.3 is 19.1 Å². The molecule has 6 nitrogen and oxygen atoms in total. The molecular formula is C16H21N3O3. The van der Waals surface area contributed by atoms with Crippen LogP contribution in [-0.4, -0.2) is 49.5 Å². The number of hydrogen-bond acceptors (Lipinski definition) is 6. The molecule has 22 heavy (non-hydrogen) atoms. The minimum atomic E-state index is 0.175. The van der Waals surface area contributed by atoms with Crippen LogP contribution >= 0.6 is 0 Å². The van der Waals surface area contributed by atoms with Crippen molar-refractivity contribution in [1.82, 2.24) is 9.97 Å². The Kier molecular flexibility index (Phi) is 4.02. The number of nitrogens with zero attached hydrogens (tertiary/aromatic N) is 3. The van der Waals surface area contributed by atoms with Crippen LogP contribution in [0.1, 0.15) is 13.8 Å². The van der Waals surface area contributed by atoms with Gasteiger partial charge in [-0.2, -0.15) is 0 Å². The molecule has 2 unspecified atom stereocenters. The van der Waals surface area contributed by atoms with Crippen LogP contribution in [0.25, 0.3) is 10.9 Å². The van der Waals surface area contributed by atoms with E-state index in [1.165, 1.54) is 0 Å². The van der Waals surface area contributed by atoms with E-state index >= 15 is 0 Å². The Morgan fingerprint density at radius 1 is 1.05 bits per heavy atom. The van der Waals surface area contributed by atoms with Crippen LogP contribution in [0, 0.1) is 0 Å². The summed E-state index contributed by atoms with van der Waals surface area (Å²) in [5, 5.41) is 0.960. The molecule has 118 valence electrons. The predicted octanol–water partition coefficient (Wildman–Crippen LogP) is 2.26. The van der Waals surface area contributed by atoms with Crippen molar-refractivity contribution in [3.8, 4) is 11.5 Å². The number of benzene rings is 1. The Morgan fingerprint density at radius 3 is 2.32 bits per heavy atom. The molecule has 1 aliphatic rings. The van der Waals surface area contributed by atoms with Crippen molar-refractivity contribution in [2.75, 3.05) is 32.2 Å². The Bertz CT molecular complexity index is 667. The van der Waals surface area contributed by atoms with E-state index in [0.717, 1.165) is 29.8 Å². The Balaban J connectivity index is 2.09. The standard InChI is InChI=1S/C16H21N3O3/c1-10-7-19(8-11(2)22-10)16-12-5-14(20-3)15(21-4)6-13(12)17-9-18-16/h5-6,9-11H,7-8H2,1-4H3. The van der Waals surface area contributed by atoms with Gasteiger partial charge in [-0.15, -0.1) is 0 Å². The summed E-state index contributed by atoms with van der Waals surface area (Å²) in [5.41, 5.74) is 0.842. The van der Waals surface area contributed by atoms with Crippen LogP contribution in [-0.2, 0) is 4.74 Å². The highest BCUT2D eigenvalue weighted by Crippen LogP contribution is 2.35. The van der Waals surface area contributed by atoms with Gasteiger partial charge in [0.05, 0.1) is 31.9 Å². The molecule has 3 rings (SSSR count). The SMILES string of the molecule is COc1cc2ncnc(N3CC(C)OC(C)C3)c2cc1OC. The second-order valence-electron chi connectivity index (χ2n) is 5.58. The van der Waals surface area contributed by atoms with E-state index in [1.54, 1.807) is 20.5 Å². The molecule has 2 heterocycles. The Labute approximate surface area is 130 Å². The van der Waals surface area contributed by atoms with Gasteiger partial charge in [-0.25, -0.2) is 9.97 Å². The minimum Gasteiger partial charge on any atom is -0.493 e. The van der Waals surface area contributed by atoms with Gasteiger partial charge >= 0.3 is 0 Å². The Hall–Kier alpha value is -2.08. The van der Waals surface area contributed by atoms with Crippen molar-refractivity contribution in [1.29, 1.82) is 0 Å². The molecule has 2 atom stereocenters. The lowest BCUT2D eigenvalue weighted by atomic mass is 10.1. The molecule has 0 spiro atoms. The highest BCUT2D eigenvalue weighted by Gasteiger charge is 2.25. The molecule has 1 fully saturated rings.